The third kappa shape index (κ3) is 2.53. The molecule has 1 aliphatic heterocycles. The van der Waals surface area contributed by atoms with E-state index in [-0.39, 0.29) is 29.5 Å². The quantitative estimate of drug-likeness (QED) is 0.295. The Kier molecular flexibility index (Phi) is 5.19. The largest absolute Gasteiger partial charge is 1.00 e. The molecule has 1 N–H and O–H groups in total. The van der Waals surface area contributed by atoms with E-state index in [0.29, 0.717) is 0 Å². The molecule has 10 heavy (non-hydrogen) atoms. The maximum Gasteiger partial charge on any atom is 0.139 e. The van der Waals surface area contributed by atoms with Crippen molar-refractivity contribution < 1.29 is 28.9 Å². The molecule has 1 heterocycles. The van der Waals surface area contributed by atoms with Gasteiger partial charge in [-0.15, -0.1) is 0 Å². The number of nitrogens with one attached hydrogen (secondary N) is 1. The van der Waals surface area contributed by atoms with E-state index in [1.54, 1.807) is 0 Å². The second kappa shape index (κ2) is 4.74. The van der Waals surface area contributed by atoms with E-state index in [0.717, 1.165) is 19.8 Å². The summed E-state index contributed by atoms with van der Waals surface area (Å²) in [7, 11) is 2.17. The zero-order valence-corrected chi connectivity index (χ0v) is 9.32. The van der Waals surface area contributed by atoms with Crippen LogP contribution in [0.3, 0.4) is 0 Å². The van der Waals surface area contributed by atoms with Crippen LogP contribution in [0.2, 0.25) is 0 Å². The van der Waals surface area contributed by atoms with E-state index >= 15 is 0 Å². The summed E-state index contributed by atoms with van der Waals surface area (Å²) in [5, 5.41) is 0. The predicted octanol–water partition coefficient (Wildman–Crippen LogP) is -3.64. The Labute approximate surface area is 84.5 Å². The number of likely N-dealkylation sites (N-methyl/N-ethyl adjacent to an activating group) is 2. The fourth-order valence-corrected chi connectivity index (χ4v) is 1.71. The van der Waals surface area contributed by atoms with E-state index in [4.69, 9.17) is 11.6 Å². The molecule has 4 heteroatoms. The Morgan fingerprint density at radius 2 is 2.30 bits per heavy atom. The molecule has 0 aliphatic carbocycles. The number of nitrogens with zero attached hydrogens (tertiary/aromatic N) is 1. The van der Waals surface area contributed by atoms with Gasteiger partial charge in [-0.2, -0.15) is 0 Å². The number of alkyl halides is 1. The lowest BCUT2D eigenvalue weighted by Gasteiger charge is -2.11. The molecular formula is C6H14ClIN2. The molecule has 0 amide bonds. The van der Waals surface area contributed by atoms with Gasteiger partial charge in [-0.1, -0.05) is 18.5 Å². The van der Waals surface area contributed by atoms with Crippen LogP contribution in [-0.4, -0.2) is 37.2 Å². The summed E-state index contributed by atoms with van der Waals surface area (Å²) in [6.07, 6.45) is 0. The summed E-state index contributed by atoms with van der Waals surface area (Å²) < 4.78 is 0. The average molecular weight is 277 g/mol. The monoisotopic (exact) mass is 276 g/mol. The van der Waals surface area contributed by atoms with Crippen LogP contribution < -0.4 is 28.9 Å². The smallest absolute Gasteiger partial charge is 0.139 e. The maximum atomic E-state index is 5.98. The molecular weight excluding hydrogens is 262 g/mol. The van der Waals surface area contributed by atoms with E-state index in [2.05, 4.69) is 18.9 Å². The molecule has 0 radical (unpaired) electrons. The number of quaternary nitrogens is 1. The average Bonchev–Trinajstić information content (AvgIpc) is 2.10. The maximum absolute atomic E-state index is 5.98. The van der Waals surface area contributed by atoms with Crippen molar-refractivity contribution in [3.63, 3.8) is 0 Å². The number of halogens is 2. The summed E-state index contributed by atoms with van der Waals surface area (Å²) in [4.78, 5) is 3.79. The highest BCUT2D eigenvalue weighted by atomic mass is 127. The van der Waals surface area contributed by atoms with E-state index < -0.39 is 0 Å². The molecule has 2 nitrogen and oxygen atoms in total. The standard InChI is InChI=1S/C6H13ClN2.HI/c1-3-9-5-8(2)4-6(9)7;/h6H,3-5H2,1-2H3;1H. The van der Waals surface area contributed by atoms with E-state index in [1.165, 1.54) is 4.90 Å². The molecule has 1 saturated heterocycles. The van der Waals surface area contributed by atoms with Gasteiger partial charge in [0, 0.05) is 6.54 Å². The number of hydrogen-bond acceptors (Lipinski definition) is 1. The van der Waals surface area contributed by atoms with Crippen LogP contribution in [0, 0.1) is 0 Å². The van der Waals surface area contributed by atoms with Gasteiger partial charge in [-0.05, 0) is 0 Å². The van der Waals surface area contributed by atoms with Gasteiger partial charge < -0.3 is 28.9 Å². The van der Waals surface area contributed by atoms with Crippen LogP contribution in [-0.2, 0) is 0 Å². The Bertz CT molecular complexity index is 102. The van der Waals surface area contributed by atoms with Crippen LogP contribution in [0.5, 0.6) is 0 Å². The summed E-state index contributed by atoms with van der Waals surface area (Å²) in [5.74, 6) is 0. The summed E-state index contributed by atoms with van der Waals surface area (Å²) in [6.45, 7) is 5.40. The third-order valence-corrected chi connectivity index (χ3v) is 2.22. The summed E-state index contributed by atoms with van der Waals surface area (Å²) >= 11 is 5.98. The highest BCUT2D eigenvalue weighted by Crippen LogP contribution is 2.03. The first kappa shape index (κ1) is 10.9. The van der Waals surface area contributed by atoms with Gasteiger partial charge in [-0.3, -0.25) is 0 Å². The van der Waals surface area contributed by atoms with Gasteiger partial charge in [0.05, 0.1) is 7.05 Å². The Morgan fingerprint density at radius 3 is 2.50 bits per heavy atom. The second-order valence-corrected chi connectivity index (χ2v) is 3.16. The molecule has 0 spiro atoms. The van der Waals surface area contributed by atoms with Gasteiger partial charge in [-0.25, -0.2) is 4.90 Å². The molecule has 0 aromatic carbocycles. The van der Waals surface area contributed by atoms with Crippen molar-refractivity contribution in [3.05, 3.63) is 0 Å². The van der Waals surface area contributed by atoms with Crippen LogP contribution in [0.4, 0.5) is 0 Å². The molecule has 0 aromatic rings. The fourth-order valence-electron chi connectivity index (χ4n) is 1.24. The summed E-state index contributed by atoms with van der Waals surface area (Å²) in [6, 6.07) is 0. The number of rotatable bonds is 1. The van der Waals surface area contributed by atoms with Crippen LogP contribution in [0.15, 0.2) is 0 Å². The predicted molar refractivity (Wildman–Crippen MR) is 38.6 cm³/mol. The Balaban J connectivity index is 0.000000810. The highest BCUT2D eigenvalue weighted by Gasteiger charge is 2.27. The van der Waals surface area contributed by atoms with Gasteiger partial charge in [0.15, 0.2) is 0 Å². The highest BCUT2D eigenvalue weighted by molar-refractivity contribution is 6.20. The fraction of sp³-hybridized carbons (Fsp3) is 1.00. The first-order valence-corrected chi connectivity index (χ1v) is 3.87. The topological polar surface area (TPSA) is 7.68 Å². The molecule has 62 valence electrons. The minimum atomic E-state index is 0. The first-order valence-electron chi connectivity index (χ1n) is 3.43. The third-order valence-electron chi connectivity index (χ3n) is 1.79. The van der Waals surface area contributed by atoms with Crippen molar-refractivity contribution in [2.75, 3.05) is 26.8 Å². The number of hydrogen-bond donors (Lipinski definition) is 1. The van der Waals surface area contributed by atoms with Crippen molar-refractivity contribution in [1.29, 1.82) is 0 Å². The van der Waals surface area contributed by atoms with Crippen LogP contribution in [0.1, 0.15) is 6.92 Å². The Morgan fingerprint density at radius 1 is 1.70 bits per heavy atom. The second-order valence-electron chi connectivity index (χ2n) is 2.66. The van der Waals surface area contributed by atoms with E-state index in [1.807, 2.05) is 0 Å². The van der Waals surface area contributed by atoms with Gasteiger partial charge in [0.2, 0.25) is 0 Å². The zero-order valence-electron chi connectivity index (χ0n) is 6.40. The molecule has 0 aromatic heterocycles. The lowest BCUT2D eigenvalue weighted by molar-refractivity contribution is -0.871. The van der Waals surface area contributed by atoms with Crippen molar-refractivity contribution in [1.82, 2.24) is 4.90 Å². The SMILES string of the molecule is CCN1C[NH+](C)CC1Cl.[I-]. The van der Waals surface area contributed by atoms with Crippen molar-refractivity contribution in [2.24, 2.45) is 0 Å². The molecule has 1 fully saturated rings. The lowest BCUT2D eigenvalue weighted by Crippen LogP contribution is -3.07. The first-order chi connectivity index (χ1) is 4.24. The molecule has 1 aliphatic rings. The van der Waals surface area contributed by atoms with Crippen molar-refractivity contribution in [3.8, 4) is 0 Å². The van der Waals surface area contributed by atoms with E-state index in [9.17, 15) is 0 Å². The lowest BCUT2D eigenvalue weighted by atomic mass is 10.6. The zero-order chi connectivity index (χ0) is 6.85. The molecule has 0 saturated carbocycles. The normalized spacial score (nSPS) is 33.9. The van der Waals surface area contributed by atoms with Gasteiger partial charge in [0.25, 0.3) is 0 Å². The minimum absolute atomic E-state index is 0. The summed E-state index contributed by atoms with van der Waals surface area (Å²) in [5.41, 5.74) is 0.273. The van der Waals surface area contributed by atoms with Crippen molar-refractivity contribution >= 4 is 11.6 Å². The van der Waals surface area contributed by atoms with Gasteiger partial charge in [0.1, 0.15) is 18.7 Å². The molecule has 0 bridgehead atoms. The Hall–Kier alpha value is 0.940. The molecule has 1 rings (SSSR count). The van der Waals surface area contributed by atoms with Crippen molar-refractivity contribution in [2.45, 2.75) is 12.4 Å². The van der Waals surface area contributed by atoms with Gasteiger partial charge >= 0.3 is 0 Å². The van der Waals surface area contributed by atoms with Crippen LogP contribution >= 0.6 is 11.6 Å². The van der Waals surface area contributed by atoms with Crippen LogP contribution in [0.25, 0.3) is 0 Å². The molecule has 2 atom stereocenters. The minimum Gasteiger partial charge on any atom is -1.00 e. The molecule has 2 unspecified atom stereocenters.